The summed E-state index contributed by atoms with van der Waals surface area (Å²) in [7, 11) is 0. The third-order valence-electron chi connectivity index (χ3n) is 5.70. The highest BCUT2D eigenvalue weighted by Gasteiger charge is 2.59. The molecule has 130 valence electrons. The second kappa shape index (κ2) is 6.02. The van der Waals surface area contributed by atoms with Crippen LogP contribution in [0.1, 0.15) is 30.9 Å². The van der Waals surface area contributed by atoms with Gasteiger partial charge in [-0.1, -0.05) is 30.3 Å². The molecule has 2 heterocycles. The van der Waals surface area contributed by atoms with Crippen LogP contribution < -0.4 is 0 Å². The van der Waals surface area contributed by atoms with Crippen LogP contribution in [-0.4, -0.2) is 44.8 Å². The predicted molar refractivity (Wildman–Crippen MR) is 90.8 cm³/mol. The Kier molecular flexibility index (Phi) is 3.82. The van der Waals surface area contributed by atoms with Gasteiger partial charge in [0, 0.05) is 25.5 Å². The molecule has 25 heavy (non-hydrogen) atoms. The maximum Gasteiger partial charge on any atom is 0.307 e. The summed E-state index contributed by atoms with van der Waals surface area (Å²) in [6.45, 7) is 1.24. The molecule has 2 unspecified atom stereocenters. The monoisotopic (exact) mass is 339 g/mol. The second-order valence-corrected chi connectivity index (χ2v) is 7.08. The van der Waals surface area contributed by atoms with Crippen molar-refractivity contribution in [3.8, 4) is 0 Å². The maximum absolute atomic E-state index is 13.2. The number of nitrogens with zero attached hydrogens (tertiary/aromatic N) is 3. The number of carbonyl (C=O) groups excluding carboxylic acids is 1. The van der Waals surface area contributed by atoms with Crippen LogP contribution in [0.5, 0.6) is 0 Å². The van der Waals surface area contributed by atoms with Crippen molar-refractivity contribution in [2.24, 2.45) is 11.3 Å². The number of carboxylic acid groups (broad SMARTS) is 1. The number of aromatic nitrogens is 2. The fourth-order valence-corrected chi connectivity index (χ4v) is 4.07. The Morgan fingerprint density at radius 1 is 1.16 bits per heavy atom. The highest BCUT2D eigenvalue weighted by Crippen LogP contribution is 2.59. The highest BCUT2D eigenvalue weighted by molar-refractivity contribution is 5.84. The van der Waals surface area contributed by atoms with Crippen LogP contribution >= 0.6 is 0 Å². The van der Waals surface area contributed by atoms with Gasteiger partial charge in [0.05, 0.1) is 5.92 Å². The first-order valence-corrected chi connectivity index (χ1v) is 8.66. The van der Waals surface area contributed by atoms with Crippen molar-refractivity contribution in [3.05, 3.63) is 54.4 Å². The second-order valence-electron chi connectivity index (χ2n) is 7.08. The first-order chi connectivity index (χ1) is 12.1. The number of amides is 1. The summed E-state index contributed by atoms with van der Waals surface area (Å²) < 4.78 is 1.69. The van der Waals surface area contributed by atoms with Gasteiger partial charge in [-0.15, -0.1) is 0 Å². The first-order valence-electron chi connectivity index (χ1n) is 8.66. The van der Waals surface area contributed by atoms with E-state index in [4.69, 9.17) is 0 Å². The number of aliphatic carboxylic acids is 1. The minimum atomic E-state index is -0.696. The Morgan fingerprint density at radius 3 is 2.44 bits per heavy atom. The summed E-state index contributed by atoms with van der Waals surface area (Å²) in [6, 6.07) is 11.0. The van der Waals surface area contributed by atoms with E-state index in [1.165, 1.54) is 0 Å². The Labute approximate surface area is 146 Å². The van der Waals surface area contributed by atoms with E-state index >= 15 is 0 Å². The lowest BCUT2D eigenvalue weighted by molar-refractivity contribution is -0.140. The standard InChI is InChI=1S/C19H21N3O3/c23-17(21-11-7-19(8-12-21)13-15(19)18(24)25)16(22-10-4-9-20-22)14-5-2-1-3-6-14/h1-6,9-10,15-16H,7-8,11-13H2,(H,24,25). The largest absolute Gasteiger partial charge is 0.481 e. The third-order valence-corrected chi connectivity index (χ3v) is 5.70. The van der Waals surface area contributed by atoms with Gasteiger partial charge in [-0.2, -0.15) is 5.10 Å². The molecule has 1 aliphatic heterocycles. The number of hydrogen-bond donors (Lipinski definition) is 1. The molecule has 0 bridgehead atoms. The molecule has 6 heteroatoms. The lowest BCUT2D eigenvalue weighted by atomic mass is 9.90. The first kappa shape index (κ1) is 15.9. The Balaban J connectivity index is 1.52. The van der Waals surface area contributed by atoms with Crippen molar-refractivity contribution >= 4 is 11.9 Å². The van der Waals surface area contributed by atoms with Crippen molar-refractivity contribution in [2.45, 2.75) is 25.3 Å². The zero-order valence-electron chi connectivity index (χ0n) is 13.9. The molecule has 2 aliphatic rings. The summed E-state index contributed by atoms with van der Waals surface area (Å²) in [4.78, 5) is 26.3. The lowest BCUT2D eigenvalue weighted by Crippen LogP contribution is -2.44. The summed E-state index contributed by atoms with van der Waals surface area (Å²) in [5, 5.41) is 13.5. The molecule has 6 nitrogen and oxygen atoms in total. The van der Waals surface area contributed by atoms with E-state index in [2.05, 4.69) is 5.10 Å². The van der Waals surface area contributed by atoms with Gasteiger partial charge in [0.15, 0.2) is 6.04 Å². The molecule has 1 aliphatic carbocycles. The SMILES string of the molecule is O=C(O)C1CC12CCN(C(=O)C(c1ccccc1)n1cccn1)CC2. The smallest absolute Gasteiger partial charge is 0.307 e. The zero-order valence-corrected chi connectivity index (χ0v) is 13.9. The molecule has 1 saturated carbocycles. The number of hydrogen-bond acceptors (Lipinski definition) is 3. The average Bonchev–Trinajstić information content (AvgIpc) is 3.07. The molecule has 1 spiro atoms. The molecule has 2 aromatic rings. The Bertz CT molecular complexity index is 764. The van der Waals surface area contributed by atoms with Crippen molar-refractivity contribution in [1.82, 2.24) is 14.7 Å². The van der Waals surface area contributed by atoms with Crippen LogP contribution in [0.4, 0.5) is 0 Å². The normalized spacial score (nSPS) is 22.6. The molecule has 1 amide bonds. The molecular formula is C19H21N3O3. The van der Waals surface area contributed by atoms with Gasteiger partial charge in [0.1, 0.15) is 0 Å². The van der Waals surface area contributed by atoms with Crippen LogP contribution in [0.15, 0.2) is 48.8 Å². The molecule has 1 aromatic carbocycles. The van der Waals surface area contributed by atoms with Gasteiger partial charge in [-0.3, -0.25) is 14.3 Å². The molecule has 4 rings (SSSR count). The van der Waals surface area contributed by atoms with Gasteiger partial charge in [-0.25, -0.2) is 0 Å². The van der Waals surface area contributed by atoms with Crippen molar-refractivity contribution in [2.75, 3.05) is 13.1 Å². The Hall–Kier alpha value is -2.63. The zero-order chi connectivity index (χ0) is 17.4. The Morgan fingerprint density at radius 2 is 1.88 bits per heavy atom. The molecule has 2 atom stereocenters. The van der Waals surface area contributed by atoms with E-state index in [9.17, 15) is 14.7 Å². The van der Waals surface area contributed by atoms with Gasteiger partial charge in [0.25, 0.3) is 5.91 Å². The quantitative estimate of drug-likeness (QED) is 0.926. The van der Waals surface area contributed by atoms with Crippen molar-refractivity contribution in [1.29, 1.82) is 0 Å². The van der Waals surface area contributed by atoms with Crippen molar-refractivity contribution < 1.29 is 14.7 Å². The van der Waals surface area contributed by atoms with E-state index in [1.807, 2.05) is 47.5 Å². The summed E-state index contributed by atoms with van der Waals surface area (Å²) in [5.74, 6) is -0.892. The number of benzene rings is 1. The lowest BCUT2D eigenvalue weighted by Gasteiger charge is -2.35. The van der Waals surface area contributed by atoms with E-state index in [-0.39, 0.29) is 17.2 Å². The minimum Gasteiger partial charge on any atom is -0.481 e. The molecular weight excluding hydrogens is 318 g/mol. The number of likely N-dealkylation sites (tertiary alicyclic amines) is 1. The van der Waals surface area contributed by atoms with Gasteiger partial charge < -0.3 is 10.0 Å². The molecule has 1 aromatic heterocycles. The van der Waals surface area contributed by atoms with Crippen LogP contribution in [0.2, 0.25) is 0 Å². The third kappa shape index (κ3) is 2.81. The van der Waals surface area contributed by atoms with E-state index in [0.717, 1.165) is 24.8 Å². The molecule has 2 fully saturated rings. The fourth-order valence-electron chi connectivity index (χ4n) is 4.07. The molecule has 1 N–H and O–H groups in total. The topological polar surface area (TPSA) is 75.4 Å². The van der Waals surface area contributed by atoms with Crippen LogP contribution in [0.25, 0.3) is 0 Å². The van der Waals surface area contributed by atoms with Gasteiger partial charge >= 0.3 is 5.97 Å². The van der Waals surface area contributed by atoms with Crippen LogP contribution in [0.3, 0.4) is 0 Å². The summed E-state index contributed by atoms with van der Waals surface area (Å²) in [5.41, 5.74) is 0.836. The van der Waals surface area contributed by atoms with Crippen LogP contribution in [-0.2, 0) is 9.59 Å². The number of carboxylic acids is 1. The van der Waals surface area contributed by atoms with E-state index in [0.29, 0.717) is 13.1 Å². The van der Waals surface area contributed by atoms with Crippen LogP contribution in [0, 0.1) is 11.3 Å². The van der Waals surface area contributed by atoms with E-state index in [1.54, 1.807) is 10.9 Å². The number of carbonyl (C=O) groups is 2. The number of rotatable bonds is 4. The minimum absolute atomic E-state index is 0.0253. The van der Waals surface area contributed by atoms with Gasteiger partial charge in [-0.05, 0) is 36.3 Å². The fraction of sp³-hybridized carbons (Fsp3) is 0.421. The van der Waals surface area contributed by atoms with Gasteiger partial charge in [0.2, 0.25) is 0 Å². The molecule has 1 saturated heterocycles. The molecule has 0 radical (unpaired) electrons. The van der Waals surface area contributed by atoms with Crippen molar-refractivity contribution in [3.63, 3.8) is 0 Å². The summed E-state index contributed by atoms with van der Waals surface area (Å²) >= 11 is 0. The number of piperidine rings is 1. The highest BCUT2D eigenvalue weighted by atomic mass is 16.4. The predicted octanol–water partition coefficient (Wildman–Crippen LogP) is 2.19. The summed E-state index contributed by atoms with van der Waals surface area (Å²) in [6.07, 6.45) is 5.79. The maximum atomic E-state index is 13.2. The van der Waals surface area contributed by atoms with E-state index < -0.39 is 12.0 Å². The average molecular weight is 339 g/mol.